The third kappa shape index (κ3) is 8.11. The van der Waals surface area contributed by atoms with Crippen LogP contribution in [0.4, 0.5) is 5.69 Å². The molecule has 0 aliphatic heterocycles. The normalized spacial score (nSPS) is 11.9. The summed E-state index contributed by atoms with van der Waals surface area (Å²) in [5.41, 5.74) is 4.78. The third-order valence-electron chi connectivity index (χ3n) is 7.20. The molecule has 0 aliphatic carbocycles. The number of rotatable bonds is 12. The van der Waals surface area contributed by atoms with Gasteiger partial charge < -0.3 is 10.2 Å². The molecule has 0 heterocycles. The molecule has 0 bridgehead atoms. The number of aryl methyl sites for hydroxylation is 3. The Hall–Kier alpha value is -4.43. The number of hydrogen-bond donors (Lipinski definition) is 1. The van der Waals surface area contributed by atoms with E-state index in [4.69, 9.17) is 0 Å². The van der Waals surface area contributed by atoms with Crippen LogP contribution in [0.25, 0.3) is 0 Å². The third-order valence-corrected chi connectivity index (χ3v) is 8.99. The SMILES string of the molecule is CCNC(=O)[C@H](Cc1ccccc1)N(Cc1ccccc1)C(=O)CN(c1cc(C)cc(C)c1)S(=O)(=O)c1ccc(C)cc1. The number of nitrogens with one attached hydrogen (secondary N) is 1. The minimum Gasteiger partial charge on any atom is -0.355 e. The fourth-order valence-electron chi connectivity index (χ4n) is 5.09. The summed E-state index contributed by atoms with van der Waals surface area (Å²) in [4.78, 5) is 29.6. The molecule has 0 aliphatic rings. The van der Waals surface area contributed by atoms with E-state index < -0.39 is 28.5 Å². The minimum atomic E-state index is -4.14. The van der Waals surface area contributed by atoms with Crippen LogP contribution in [-0.2, 0) is 32.6 Å². The van der Waals surface area contributed by atoms with Crippen molar-refractivity contribution in [2.45, 2.75) is 51.6 Å². The first-order chi connectivity index (χ1) is 20.6. The van der Waals surface area contributed by atoms with E-state index in [0.29, 0.717) is 12.2 Å². The van der Waals surface area contributed by atoms with E-state index in [0.717, 1.165) is 32.1 Å². The van der Waals surface area contributed by atoms with Crippen LogP contribution in [0.5, 0.6) is 0 Å². The molecule has 4 rings (SSSR count). The van der Waals surface area contributed by atoms with Crippen LogP contribution in [0.1, 0.15) is 34.7 Å². The summed E-state index contributed by atoms with van der Waals surface area (Å²) in [7, 11) is -4.14. The molecular weight excluding hydrogens is 558 g/mol. The fraction of sp³-hybridized carbons (Fsp3) is 0.257. The topological polar surface area (TPSA) is 86.8 Å². The van der Waals surface area contributed by atoms with Crippen molar-refractivity contribution >= 4 is 27.5 Å². The van der Waals surface area contributed by atoms with Crippen LogP contribution in [0.2, 0.25) is 0 Å². The molecule has 43 heavy (non-hydrogen) atoms. The molecule has 4 aromatic carbocycles. The Morgan fingerprint density at radius 3 is 1.86 bits per heavy atom. The van der Waals surface area contributed by atoms with Crippen LogP contribution >= 0.6 is 0 Å². The molecule has 0 spiro atoms. The minimum absolute atomic E-state index is 0.0873. The number of nitrogens with zero attached hydrogens (tertiary/aromatic N) is 2. The second kappa shape index (κ2) is 14.2. The molecule has 0 aromatic heterocycles. The first-order valence-electron chi connectivity index (χ1n) is 14.4. The number of amides is 2. The molecule has 0 radical (unpaired) electrons. The van der Waals surface area contributed by atoms with Gasteiger partial charge in [-0.1, -0.05) is 84.4 Å². The number of carbonyl (C=O) groups excluding carboxylic acids is 2. The highest BCUT2D eigenvalue weighted by Gasteiger charge is 2.34. The van der Waals surface area contributed by atoms with Crippen molar-refractivity contribution < 1.29 is 18.0 Å². The Morgan fingerprint density at radius 2 is 1.30 bits per heavy atom. The number of benzene rings is 4. The molecular formula is C35H39N3O4S. The van der Waals surface area contributed by atoms with Crippen LogP contribution in [0, 0.1) is 20.8 Å². The van der Waals surface area contributed by atoms with Gasteiger partial charge in [-0.15, -0.1) is 0 Å². The highest BCUT2D eigenvalue weighted by atomic mass is 32.2. The molecule has 0 saturated carbocycles. The van der Waals surface area contributed by atoms with Crippen LogP contribution in [-0.4, -0.2) is 44.3 Å². The van der Waals surface area contributed by atoms with Crippen molar-refractivity contribution in [3.05, 3.63) is 131 Å². The monoisotopic (exact) mass is 597 g/mol. The molecule has 7 nitrogen and oxygen atoms in total. The molecule has 224 valence electrons. The average molecular weight is 598 g/mol. The van der Waals surface area contributed by atoms with Crippen LogP contribution in [0.15, 0.2) is 108 Å². The lowest BCUT2D eigenvalue weighted by molar-refractivity contribution is -0.140. The number of likely N-dealkylation sites (N-methyl/N-ethyl adjacent to an activating group) is 1. The van der Waals surface area contributed by atoms with Gasteiger partial charge in [0.25, 0.3) is 10.0 Å². The van der Waals surface area contributed by atoms with Crippen molar-refractivity contribution in [1.29, 1.82) is 0 Å². The van der Waals surface area contributed by atoms with Crippen molar-refractivity contribution in [3.63, 3.8) is 0 Å². The van der Waals surface area contributed by atoms with E-state index in [1.54, 1.807) is 36.4 Å². The van der Waals surface area contributed by atoms with Crippen molar-refractivity contribution in [3.8, 4) is 0 Å². The highest BCUT2D eigenvalue weighted by molar-refractivity contribution is 7.92. The van der Waals surface area contributed by atoms with Gasteiger partial charge in [0.05, 0.1) is 10.6 Å². The number of anilines is 1. The van der Waals surface area contributed by atoms with E-state index in [9.17, 15) is 18.0 Å². The number of hydrogen-bond acceptors (Lipinski definition) is 4. The van der Waals surface area contributed by atoms with E-state index in [1.165, 1.54) is 4.90 Å². The summed E-state index contributed by atoms with van der Waals surface area (Å²) in [5, 5.41) is 2.88. The summed E-state index contributed by atoms with van der Waals surface area (Å²) < 4.78 is 29.5. The van der Waals surface area contributed by atoms with Gasteiger partial charge in [-0.2, -0.15) is 0 Å². The van der Waals surface area contributed by atoms with Gasteiger partial charge in [0.1, 0.15) is 12.6 Å². The van der Waals surface area contributed by atoms with Crippen LogP contribution in [0.3, 0.4) is 0 Å². The van der Waals surface area contributed by atoms with E-state index in [-0.39, 0.29) is 23.8 Å². The largest absolute Gasteiger partial charge is 0.355 e. The molecule has 1 atom stereocenters. The average Bonchev–Trinajstić information content (AvgIpc) is 2.98. The maximum Gasteiger partial charge on any atom is 0.264 e. The second-order valence-corrected chi connectivity index (χ2v) is 12.6. The predicted octanol–water partition coefficient (Wildman–Crippen LogP) is 5.58. The fourth-order valence-corrected chi connectivity index (χ4v) is 6.48. The Bertz CT molecular complexity index is 1620. The lowest BCUT2D eigenvalue weighted by atomic mass is 10.0. The number of carbonyl (C=O) groups is 2. The maximum atomic E-state index is 14.4. The van der Waals surface area contributed by atoms with Crippen LogP contribution < -0.4 is 9.62 Å². The Kier molecular flexibility index (Phi) is 10.4. The standard InChI is InChI=1S/C35H39N3O4S/c1-5-36-35(40)33(23-29-12-8-6-9-13-29)37(24-30-14-10-7-11-15-30)34(39)25-38(31-21-27(3)20-28(4)22-31)43(41,42)32-18-16-26(2)17-19-32/h6-22,33H,5,23-25H2,1-4H3,(H,36,40)/t33-/m0/s1. The molecule has 1 N–H and O–H groups in total. The maximum absolute atomic E-state index is 14.4. The predicted molar refractivity (Wildman–Crippen MR) is 171 cm³/mol. The zero-order valence-electron chi connectivity index (χ0n) is 25.2. The second-order valence-electron chi connectivity index (χ2n) is 10.8. The molecule has 0 unspecified atom stereocenters. The zero-order valence-corrected chi connectivity index (χ0v) is 26.0. The molecule has 2 amide bonds. The van der Waals surface area contributed by atoms with Gasteiger partial charge in [0.15, 0.2) is 0 Å². The molecule has 4 aromatic rings. The van der Waals surface area contributed by atoms with Gasteiger partial charge in [0, 0.05) is 19.5 Å². The Balaban J connectivity index is 1.80. The zero-order chi connectivity index (χ0) is 31.0. The first kappa shape index (κ1) is 31.5. The smallest absolute Gasteiger partial charge is 0.264 e. The molecule has 8 heteroatoms. The van der Waals surface area contributed by atoms with Crippen molar-refractivity contribution in [2.75, 3.05) is 17.4 Å². The molecule has 0 fully saturated rings. The van der Waals surface area contributed by atoms with E-state index in [2.05, 4.69) is 5.32 Å². The quantitative estimate of drug-likeness (QED) is 0.231. The van der Waals surface area contributed by atoms with Gasteiger partial charge >= 0.3 is 0 Å². The van der Waals surface area contributed by atoms with Gasteiger partial charge in [-0.3, -0.25) is 13.9 Å². The van der Waals surface area contributed by atoms with E-state index >= 15 is 0 Å². The lowest BCUT2D eigenvalue weighted by Gasteiger charge is -2.34. The molecule has 0 saturated heterocycles. The highest BCUT2D eigenvalue weighted by Crippen LogP contribution is 2.27. The van der Waals surface area contributed by atoms with Crippen molar-refractivity contribution in [1.82, 2.24) is 10.2 Å². The van der Waals surface area contributed by atoms with Gasteiger partial charge in [-0.25, -0.2) is 8.42 Å². The first-order valence-corrected chi connectivity index (χ1v) is 15.8. The summed E-state index contributed by atoms with van der Waals surface area (Å²) in [5.74, 6) is -0.777. The van der Waals surface area contributed by atoms with Gasteiger partial charge in [0.2, 0.25) is 11.8 Å². The summed E-state index contributed by atoms with van der Waals surface area (Å²) in [6.07, 6.45) is 0.277. The summed E-state index contributed by atoms with van der Waals surface area (Å²) in [6.45, 7) is 7.56. The summed E-state index contributed by atoms with van der Waals surface area (Å²) >= 11 is 0. The van der Waals surface area contributed by atoms with Crippen molar-refractivity contribution in [2.24, 2.45) is 0 Å². The summed E-state index contributed by atoms with van der Waals surface area (Å²) in [6, 6.07) is 30.1. The van der Waals surface area contributed by atoms with Gasteiger partial charge in [-0.05, 0) is 74.2 Å². The number of sulfonamides is 1. The lowest BCUT2D eigenvalue weighted by Crippen LogP contribution is -2.53. The Morgan fingerprint density at radius 1 is 0.744 bits per heavy atom. The van der Waals surface area contributed by atoms with E-state index in [1.807, 2.05) is 94.4 Å². The Labute approximate surface area is 255 Å².